The maximum absolute atomic E-state index is 11.4. The summed E-state index contributed by atoms with van der Waals surface area (Å²) in [5.74, 6) is -0.412. The molecule has 3 rings (SSSR count). The summed E-state index contributed by atoms with van der Waals surface area (Å²) in [6, 6.07) is 3.83. The van der Waals surface area contributed by atoms with E-state index in [1.54, 1.807) is 12.4 Å². The van der Waals surface area contributed by atoms with Crippen LogP contribution in [0.3, 0.4) is 0 Å². The average Bonchev–Trinajstić information content (AvgIpc) is 2.86. The predicted molar refractivity (Wildman–Crippen MR) is 74.4 cm³/mol. The fraction of sp³-hybridized carbons (Fsp3) is 0.400. The van der Waals surface area contributed by atoms with Gasteiger partial charge in [-0.2, -0.15) is 0 Å². The molecule has 1 unspecified atom stereocenters. The largest absolute Gasteiger partial charge is 0.481 e. The smallest absolute Gasteiger partial charge is 0.312 e. The summed E-state index contributed by atoms with van der Waals surface area (Å²) in [5.41, 5.74) is 2.75. The van der Waals surface area contributed by atoms with Crippen LogP contribution in [-0.4, -0.2) is 25.6 Å². The van der Waals surface area contributed by atoms with Crippen LogP contribution in [-0.2, 0) is 17.8 Å². The topological polar surface area (TPSA) is 68.0 Å². The quantitative estimate of drug-likeness (QED) is 0.931. The van der Waals surface area contributed by atoms with Crippen LogP contribution in [0, 0.1) is 0 Å². The van der Waals surface area contributed by atoms with E-state index in [1.807, 2.05) is 12.1 Å². The van der Waals surface area contributed by atoms with Crippen LogP contribution < -0.4 is 0 Å². The van der Waals surface area contributed by atoms with E-state index in [2.05, 4.69) is 21.5 Å². The van der Waals surface area contributed by atoms with Crippen molar-refractivity contribution in [3.8, 4) is 11.4 Å². The molecule has 0 saturated heterocycles. The summed E-state index contributed by atoms with van der Waals surface area (Å²) in [6.45, 7) is 2.85. The maximum atomic E-state index is 11.4. The SMILES string of the molecule is CCn1c(-c2cccnc2)nc2c1CCCC2C(=O)O. The highest BCUT2D eigenvalue weighted by Crippen LogP contribution is 2.34. The highest BCUT2D eigenvalue weighted by Gasteiger charge is 2.31. The van der Waals surface area contributed by atoms with Gasteiger partial charge in [-0.05, 0) is 38.3 Å². The number of rotatable bonds is 3. The molecule has 104 valence electrons. The predicted octanol–water partition coefficient (Wildman–Crippen LogP) is 2.47. The van der Waals surface area contributed by atoms with Gasteiger partial charge in [-0.1, -0.05) is 0 Å². The van der Waals surface area contributed by atoms with Crippen molar-refractivity contribution in [3.63, 3.8) is 0 Å². The Morgan fingerprint density at radius 2 is 2.40 bits per heavy atom. The van der Waals surface area contributed by atoms with E-state index in [4.69, 9.17) is 0 Å². The van der Waals surface area contributed by atoms with Crippen LogP contribution >= 0.6 is 0 Å². The molecule has 1 aliphatic rings. The standard InChI is InChI=1S/C15H17N3O2/c1-2-18-12-7-3-6-11(15(19)20)13(12)17-14(18)10-5-4-8-16-9-10/h4-5,8-9,11H,2-3,6-7H2,1H3,(H,19,20). The van der Waals surface area contributed by atoms with Crippen LogP contribution in [0.1, 0.15) is 37.1 Å². The lowest BCUT2D eigenvalue weighted by Crippen LogP contribution is -2.19. The van der Waals surface area contributed by atoms with E-state index in [0.717, 1.165) is 42.2 Å². The number of imidazole rings is 1. The normalized spacial score (nSPS) is 17.8. The first-order chi connectivity index (χ1) is 9.72. The van der Waals surface area contributed by atoms with Gasteiger partial charge in [0.05, 0.1) is 5.69 Å². The highest BCUT2D eigenvalue weighted by atomic mass is 16.4. The molecular formula is C15H17N3O2. The number of hydrogen-bond donors (Lipinski definition) is 1. The molecule has 0 radical (unpaired) electrons. The van der Waals surface area contributed by atoms with E-state index in [1.165, 1.54) is 0 Å². The zero-order valence-electron chi connectivity index (χ0n) is 11.4. The average molecular weight is 271 g/mol. The molecule has 0 bridgehead atoms. The summed E-state index contributed by atoms with van der Waals surface area (Å²) in [4.78, 5) is 20.2. The van der Waals surface area contributed by atoms with Gasteiger partial charge in [0.1, 0.15) is 11.7 Å². The molecule has 2 aromatic rings. The van der Waals surface area contributed by atoms with Gasteiger partial charge in [-0.15, -0.1) is 0 Å². The molecule has 0 amide bonds. The second kappa shape index (κ2) is 5.07. The first kappa shape index (κ1) is 12.8. The lowest BCUT2D eigenvalue weighted by atomic mass is 9.90. The number of nitrogens with zero attached hydrogens (tertiary/aromatic N) is 3. The number of hydrogen-bond acceptors (Lipinski definition) is 3. The fourth-order valence-corrected chi connectivity index (χ4v) is 2.95. The zero-order chi connectivity index (χ0) is 14.1. The first-order valence-electron chi connectivity index (χ1n) is 6.95. The Hall–Kier alpha value is -2.17. The van der Waals surface area contributed by atoms with Crippen molar-refractivity contribution in [1.29, 1.82) is 0 Å². The number of pyridine rings is 1. The molecule has 0 aliphatic heterocycles. The Balaban J connectivity index is 2.16. The molecule has 2 heterocycles. The first-order valence-corrected chi connectivity index (χ1v) is 6.95. The minimum Gasteiger partial charge on any atom is -0.481 e. The molecule has 1 aliphatic carbocycles. The molecule has 5 nitrogen and oxygen atoms in total. The summed E-state index contributed by atoms with van der Waals surface area (Å²) >= 11 is 0. The van der Waals surface area contributed by atoms with Gasteiger partial charge in [0.15, 0.2) is 0 Å². The molecule has 1 atom stereocenters. The molecule has 0 aromatic carbocycles. The van der Waals surface area contributed by atoms with Crippen molar-refractivity contribution in [3.05, 3.63) is 35.9 Å². The zero-order valence-corrected chi connectivity index (χ0v) is 11.4. The summed E-state index contributed by atoms with van der Waals surface area (Å²) in [7, 11) is 0. The Morgan fingerprint density at radius 1 is 1.55 bits per heavy atom. The number of fused-ring (bicyclic) bond motifs is 1. The Bertz CT molecular complexity index is 634. The molecular weight excluding hydrogens is 254 g/mol. The van der Waals surface area contributed by atoms with E-state index >= 15 is 0 Å². The van der Waals surface area contributed by atoms with Crippen LogP contribution in [0.4, 0.5) is 0 Å². The van der Waals surface area contributed by atoms with Crippen molar-refractivity contribution in [2.45, 2.75) is 38.6 Å². The van der Waals surface area contributed by atoms with Crippen LogP contribution in [0.5, 0.6) is 0 Å². The van der Waals surface area contributed by atoms with Gasteiger partial charge < -0.3 is 9.67 Å². The molecule has 20 heavy (non-hydrogen) atoms. The molecule has 0 fully saturated rings. The third-order valence-electron chi connectivity index (χ3n) is 3.87. The number of aliphatic carboxylic acids is 1. The third kappa shape index (κ3) is 1.99. The van der Waals surface area contributed by atoms with Crippen molar-refractivity contribution >= 4 is 5.97 Å². The Labute approximate surface area is 117 Å². The molecule has 0 spiro atoms. The van der Waals surface area contributed by atoms with Crippen LogP contribution in [0.2, 0.25) is 0 Å². The van der Waals surface area contributed by atoms with Gasteiger partial charge in [0, 0.05) is 30.2 Å². The monoisotopic (exact) mass is 271 g/mol. The van der Waals surface area contributed by atoms with Crippen LogP contribution in [0.15, 0.2) is 24.5 Å². The lowest BCUT2D eigenvalue weighted by molar-refractivity contribution is -0.139. The van der Waals surface area contributed by atoms with E-state index in [0.29, 0.717) is 6.42 Å². The minimum absolute atomic E-state index is 0.470. The fourth-order valence-electron chi connectivity index (χ4n) is 2.95. The maximum Gasteiger partial charge on any atom is 0.312 e. The van der Waals surface area contributed by atoms with E-state index in [-0.39, 0.29) is 0 Å². The van der Waals surface area contributed by atoms with Crippen molar-refractivity contribution in [1.82, 2.24) is 14.5 Å². The summed E-state index contributed by atoms with van der Waals surface area (Å²) < 4.78 is 2.13. The van der Waals surface area contributed by atoms with Gasteiger partial charge >= 0.3 is 5.97 Å². The molecule has 5 heteroatoms. The molecule has 2 aromatic heterocycles. The number of aromatic nitrogens is 3. The van der Waals surface area contributed by atoms with Gasteiger partial charge in [-0.25, -0.2) is 4.98 Å². The Kier molecular flexibility index (Phi) is 3.26. The summed E-state index contributed by atoms with van der Waals surface area (Å²) in [6.07, 6.45) is 5.98. The highest BCUT2D eigenvalue weighted by molar-refractivity contribution is 5.76. The van der Waals surface area contributed by atoms with E-state index in [9.17, 15) is 9.90 Å². The molecule has 1 N–H and O–H groups in total. The van der Waals surface area contributed by atoms with Crippen molar-refractivity contribution < 1.29 is 9.90 Å². The number of carboxylic acids is 1. The van der Waals surface area contributed by atoms with Gasteiger partial charge in [0.2, 0.25) is 0 Å². The minimum atomic E-state index is -0.774. The van der Waals surface area contributed by atoms with Crippen LogP contribution in [0.25, 0.3) is 11.4 Å². The lowest BCUT2D eigenvalue weighted by Gasteiger charge is -2.19. The van der Waals surface area contributed by atoms with E-state index < -0.39 is 11.9 Å². The second-order valence-electron chi connectivity index (χ2n) is 5.04. The Morgan fingerprint density at radius 3 is 3.05 bits per heavy atom. The molecule has 0 saturated carbocycles. The third-order valence-corrected chi connectivity index (χ3v) is 3.87. The van der Waals surface area contributed by atoms with Crippen molar-refractivity contribution in [2.24, 2.45) is 0 Å². The summed E-state index contributed by atoms with van der Waals surface area (Å²) in [5, 5.41) is 9.37. The number of carboxylic acid groups (broad SMARTS) is 1. The van der Waals surface area contributed by atoms with Gasteiger partial charge in [-0.3, -0.25) is 9.78 Å². The second-order valence-corrected chi connectivity index (χ2v) is 5.04. The van der Waals surface area contributed by atoms with Gasteiger partial charge in [0.25, 0.3) is 0 Å². The van der Waals surface area contributed by atoms with Crippen molar-refractivity contribution in [2.75, 3.05) is 0 Å². The number of carbonyl (C=O) groups is 1.